The van der Waals surface area contributed by atoms with Crippen LogP contribution in [-0.2, 0) is 25.9 Å². The molecule has 0 aliphatic rings. The molecule has 3 aromatic carbocycles. The van der Waals surface area contributed by atoms with Crippen molar-refractivity contribution in [3.8, 4) is 33.5 Å². The van der Waals surface area contributed by atoms with Gasteiger partial charge in [-0.3, -0.25) is 4.79 Å². The molecule has 1 N–H and O–H groups in total. The first-order valence-corrected chi connectivity index (χ1v) is 12.1. The Hall–Kier alpha value is -3.50. The summed E-state index contributed by atoms with van der Waals surface area (Å²) in [6, 6.07) is 30.9. The smallest absolute Gasteiger partial charge is 0.454 e. The van der Waals surface area contributed by atoms with E-state index in [9.17, 15) is 18.0 Å². The predicted octanol–water partition coefficient (Wildman–Crippen LogP) is 8.71. The topological polar surface area (TPSA) is 50.2 Å². The van der Waals surface area contributed by atoms with Crippen LogP contribution in [0, 0.1) is 25.8 Å². The van der Waals surface area contributed by atoms with E-state index >= 15 is 0 Å². The number of halogens is 3. The fraction of sp³-hybridized carbons (Fsp3) is 0.188. The summed E-state index contributed by atoms with van der Waals surface area (Å²) in [6.07, 6.45) is -2.76. The number of rotatable bonds is 5. The van der Waals surface area contributed by atoms with Crippen LogP contribution >= 0.6 is 0 Å². The maximum atomic E-state index is 11.6. The van der Waals surface area contributed by atoms with Gasteiger partial charge in [0.05, 0.1) is 5.76 Å². The molecule has 0 aliphatic carbocycles. The number of carbonyl (C=O) groups excluding carboxylic acids is 1. The minimum atomic E-state index is -4.90. The van der Waals surface area contributed by atoms with Gasteiger partial charge in [-0.2, -0.15) is 13.2 Å². The van der Waals surface area contributed by atoms with E-state index in [1.54, 1.807) is 0 Å². The molecular formula is C32H29F3NO2Pt-. The summed E-state index contributed by atoms with van der Waals surface area (Å²) in [5.74, 6) is -3.07. The van der Waals surface area contributed by atoms with Gasteiger partial charge in [0, 0.05) is 39.3 Å². The van der Waals surface area contributed by atoms with Crippen LogP contribution in [0.3, 0.4) is 0 Å². The van der Waals surface area contributed by atoms with Gasteiger partial charge in [0.2, 0.25) is 0 Å². The number of nitrogens with zero attached hydrogens (tertiary/aromatic N) is 1. The van der Waals surface area contributed by atoms with Gasteiger partial charge in [0.25, 0.3) is 5.78 Å². The molecule has 0 bridgehead atoms. The molecule has 0 unspecified atom stereocenters. The minimum absolute atomic E-state index is 0. The molecule has 0 spiro atoms. The van der Waals surface area contributed by atoms with Crippen LogP contribution in [0.5, 0.6) is 0 Å². The third-order valence-corrected chi connectivity index (χ3v) is 5.66. The van der Waals surface area contributed by atoms with Crippen molar-refractivity contribution >= 4 is 5.78 Å². The van der Waals surface area contributed by atoms with Crippen molar-refractivity contribution in [2.75, 3.05) is 0 Å². The fourth-order valence-corrected chi connectivity index (χ4v) is 3.63. The second kappa shape index (κ2) is 14.0. The molecule has 0 atom stereocenters. The summed E-state index contributed by atoms with van der Waals surface area (Å²) in [5, 5.41) is 8.80. The summed E-state index contributed by atoms with van der Waals surface area (Å²) in [6.45, 7) is 7.14. The van der Waals surface area contributed by atoms with Crippen LogP contribution in [0.15, 0.2) is 96.9 Å². The van der Waals surface area contributed by atoms with Crippen molar-refractivity contribution in [1.29, 1.82) is 0 Å². The van der Waals surface area contributed by atoms with Crippen LogP contribution < -0.4 is 0 Å². The third-order valence-electron chi connectivity index (χ3n) is 5.66. The predicted molar refractivity (Wildman–Crippen MR) is 145 cm³/mol. The number of carbonyl (C=O) groups is 1. The number of ketones is 1. The number of aromatic nitrogens is 1. The standard InChI is InChI=1S/C25H20N.C7H9F3O2.Pt/c1-18-14-19(2)16-24(15-18)25-13-12-23(17-26-25)22-10-8-21(9-11-22)20-6-4-3-5-7-20;1-4(2)5(11)3-6(12)7(8,9)10;/h3-15,17H,1-2H3;3-4,11H,1-2H3;/q-1;;/b;5-3-;. The van der Waals surface area contributed by atoms with E-state index < -0.39 is 23.6 Å². The number of alkyl halides is 3. The maximum absolute atomic E-state index is 11.6. The van der Waals surface area contributed by atoms with Gasteiger partial charge >= 0.3 is 6.18 Å². The van der Waals surface area contributed by atoms with Crippen molar-refractivity contribution < 1.29 is 44.1 Å². The minimum Gasteiger partial charge on any atom is -0.512 e. The first kappa shape index (κ1) is 31.7. The molecule has 0 radical (unpaired) electrons. The molecule has 0 aliphatic heterocycles. The zero-order chi connectivity index (χ0) is 27.9. The van der Waals surface area contributed by atoms with E-state index in [4.69, 9.17) is 5.11 Å². The quantitative estimate of drug-likeness (QED) is 0.128. The Kier molecular flexibility index (Phi) is 11.4. The molecule has 1 heterocycles. The number of aryl methyl sites for hydroxylation is 2. The Morgan fingerprint density at radius 2 is 1.41 bits per heavy atom. The van der Waals surface area contributed by atoms with Gasteiger partial charge in [0.1, 0.15) is 0 Å². The Morgan fingerprint density at radius 1 is 0.872 bits per heavy atom. The summed E-state index contributed by atoms with van der Waals surface area (Å²) in [4.78, 5) is 14.9. The van der Waals surface area contributed by atoms with Crippen molar-refractivity contribution in [3.63, 3.8) is 0 Å². The van der Waals surface area contributed by atoms with E-state index in [1.165, 1.54) is 36.1 Å². The number of aliphatic hydroxyl groups is 1. The molecule has 1 aromatic heterocycles. The van der Waals surface area contributed by atoms with Crippen LogP contribution in [-0.4, -0.2) is 22.1 Å². The van der Waals surface area contributed by atoms with Crippen molar-refractivity contribution in [2.24, 2.45) is 5.92 Å². The summed E-state index contributed by atoms with van der Waals surface area (Å²) >= 11 is 0. The molecule has 206 valence electrons. The van der Waals surface area contributed by atoms with E-state index in [0.717, 1.165) is 22.4 Å². The van der Waals surface area contributed by atoms with Crippen LogP contribution in [0.4, 0.5) is 13.2 Å². The average molecular weight is 712 g/mol. The van der Waals surface area contributed by atoms with Gasteiger partial charge in [-0.15, -0.1) is 34.9 Å². The Bertz CT molecular complexity index is 1380. The molecule has 7 heteroatoms. The Morgan fingerprint density at radius 3 is 1.90 bits per heavy atom. The van der Waals surface area contributed by atoms with Gasteiger partial charge < -0.3 is 10.1 Å². The number of benzene rings is 3. The average Bonchev–Trinajstić information content (AvgIpc) is 2.88. The monoisotopic (exact) mass is 711 g/mol. The molecule has 4 rings (SSSR count). The van der Waals surface area contributed by atoms with Crippen LogP contribution in [0.1, 0.15) is 25.0 Å². The van der Waals surface area contributed by atoms with Gasteiger partial charge in [0.15, 0.2) is 0 Å². The van der Waals surface area contributed by atoms with E-state index in [-0.39, 0.29) is 27.1 Å². The number of hydrogen-bond donors (Lipinski definition) is 1. The van der Waals surface area contributed by atoms with Crippen molar-refractivity contribution in [2.45, 2.75) is 33.9 Å². The number of allylic oxidation sites excluding steroid dienone is 2. The third kappa shape index (κ3) is 9.33. The molecule has 0 saturated heterocycles. The van der Waals surface area contributed by atoms with Gasteiger partial charge in [-0.1, -0.05) is 94.4 Å². The number of aliphatic hydroxyl groups excluding tert-OH is 1. The molecule has 0 amide bonds. The molecule has 0 saturated carbocycles. The SMILES string of the molecule is CC(C)/C(O)=C/C(=O)C(F)(F)F.Cc1[c-]c(-c2ccc(-c3ccc(-c4ccccc4)cc3)cn2)cc(C)c1.[Pt]. The second-order valence-corrected chi connectivity index (χ2v) is 9.22. The first-order valence-electron chi connectivity index (χ1n) is 12.1. The normalized spacial score (nSPS) is 11.3. The molecule has 3 nitrogen and oxygen atoms in total. The Balaban J connectivity index is 0.000000352. The van der Waals surface area contributed by atoms with Gasteiger partial charge in [-0.25, -0.2) is 0 Å². The fourth-order valence-electron chi connectivity index (χ4n) is 3.63. The molecule has 0 fully saturated rings. The van der Waals surface area contributed by atoms with E-state index in [0.29, 0.717) is 0 Å². The van der Waals surface area contributed by atoms with E-state index in [2.05, 4.69) is 97.7 Å². The van der Waals surface area contributed by atoms with Crippen molar-refractivity contribution in [1.82, 2.24) is 4.98 Å². The number of pyridine rings is 1. The van der Waals surface area contributed by atoms with Crippen LogP contribution in [0.2, 0.25) is 0 Å². The van der Waals surface area contributed by atoms with Gasteiger partial charge in [-0.05, 0) is 27.9 Å². The zero-order valence-electron chi connectivity index (χ0n) is 22.0. The zero-order valence-corrected chi connectivity index (χ0v) is 24.3. The largest absolute Gasteiger partial charge is 0.512 e. The molecule has 39 heavy (non-hydrogen) atoms. The van der Waals surface area contributed by atoms with Crippen molar-refractivity contribution in [3.05, 3.63) is 114 Å². The molecule has 4 aromatic rings. The Labute approximate surface area is 241 Å². The van der Waals surface area contributed by atoms with E-state index in [1.807, 2.05) is 12.3 Å². The maximum Gasteiger partial charge on any atom is 0.454 e. The van der Waals surface area contributed by atoms with Crippen LogP contribution in [0.25, 0.3) is 33.5 Å². The summed E-state index contributed by atoms with van der Waals surface area (Å²) < 4.78 is 34.7. The summed E-state index contributed by atoms with van der Waals surface area (Å²) in [5.41, 5.74) is 9.14. The molecular weight excluding hydrogens is 682 g/mol. The first-order chi connectivity index (χ1) is 17.9. The summed E-state index contributed by atoms with van der Waals surface area (Å²) in [7, 11) is 0. The number of hydrogen-bond acceptors (Lipinski definition) is 3. The second-order valence-electron chi connectivity index (χ2n) is 9.22.